The Morgan fingerprint density at radius 1 is 1.20 bits per heavy atom. The first-order valence-corrected chi connectivity index (χ1v) is 8.07. The number of phenols is 2. The highest BCUT2D eigenvalue weighted by molar-refractivity contribution is 5.88. The summed E-state index contributed by atoms with van der Waals surface area (Å²) >= 11 is 0. The molecule has 0 saturated carbocycles. The second-order valence-electron chi connectivity index (χ2n) is 6.68. The Kier molecular flexibility index (Phi) is 4.21. The van der Waals surface area contributed by atoms with Crippen molar-refractivity contribution in [1.29, 1.82) is 0 Å². The lowest BCUT2D eigenvalue weighted by Crippen LogP contribution is -2.15. The number of ether oxygens (including phenoxy) is 2. The number of phenolic OH excluding ortho intramolecular Hbond substituents is 2. The van der Waals surface area contributed by atoms with Crippen LogP contribution < -0.4 is 9.47 Å². The third-order valence-corrected chi connectivity index (χ3v) is 4.58. The molecule has 4 nitrogen and oxygen atoms in total. The van der Waals surface area contributed by atoms with Gasteiger partial charge < -0.3 is 19.7 Å². The Labute approximate surface area is 147 Å². The lowest BCUT2D eigenvalue weighted by molar-refractivity contribution is 0.358. The smallest absolute Gasteiger partial charge is 0.130 e. The van der Waals surface area contributed by atoms with Crippen molar-refractivity contribution >= 4 is 11.6 Å². The molecule has 0 aliphatic carbocycles. The standard InChI is InChI=1S/C21H22O4/c1-5-21(2,3)17-9-13-8-14(12-25-19(13)11-18(17)23)16-7-6-15(22)10-20(16)24-4/h5-11,22-23H,1,12H2,2-4H3. The normalized spacial score (nSPS) is 13.5. The third-order valence-electron chi connectivity index (χ3n) is 4.58. The van der Waals surface area contributed by atoms with Crippen LogP contribution in [0.2, 0.25) is 0 Å². The number of aromatic hydroxyl groups is 2. The molecule has 2 aromatic rings. The van der Waals surface area contributed by atoms with Crippen molar-refractivity contribution in [3.8, 4) is 23.0 Å². The van der Waals surface area contributed by atoms with Crippen molar-refractivity contribution in [3.05, 3.63) is 59.7 Å². The Hall–Kier alpha value is -2.88. The van der Waals surface area contributed by atoms with E-state index in [0.29, 0.717) is 18.1 Å². The van der Waals surface area contributed by atoms with Crippen LogP contribution >= 0.6 is 0 Å². The average molecular weight is 338 g/mol. The maximum atomic E-state index is 10.3. The van der Waals surface area contributed by atoms with Gasteiger partial charge in [0, 0.05) is 39.8 Å². The molecule has 0 amide bonds. The van der Waals surface area contributed by atoms with Gasteiger partial charge in [-0.05, 0) is 24.3 Å². The number of hydrogen-bond donors (Lipinski definition) is 2. The van der Waals surface area contributed by atoms with Crippen molar-refractivity contribution in [2.24, 2.45) is 0 Å². The summed E-state index contributed by atoms with van der Waals surface area (Å²) in [6, 6.07) is 8.59. The number of allylic oxidation sites excluding steroid dienone is 1. The third kappa shape index (κ3) is 3.07. The fraction of sp³-hybridized carbons (Fsp3) is 0.238. The van der Waals surface area contributed by atoms with Gasteiger partial charge in [0.15, 0.2) is 0 Å². The Balaban J connectivity index is 2.11. The van der Waals surface area contributed by atoms with E-state index in [-0.39, 0.29) is 16.9 Å². The van der Waals surface area contributed by atoms with Gasteiger partial charge in [-0.1, -0.05) is 19.9 Å². The summed E-state index contributed by atoms with van der Waals surface area (Å²) in [5.41, 5.74) is 3.13. The second-order valence-corrected chi connectivity index (χ2v) is 6.68. The molecule has 4 heteroatoms. The highest BCUT2D eigenvalue weighted by Crippen LogP contribution is 2.41. The minimum atomic E-state index is -0.360. The number of fused-ring (bicyclic) bond motifs is 1. The first-order valence-electron chi connectivity index (χ1n) is 8.07. The maximum Gasteiger partial charge on any atom is 0.130 e. The van der Waals surface area contributed by atoms with Crippen molar-refractivity contribution in [2.75, 3.05) is 13.7 Å². The molecule has 1 heterocycles. The highest BCUT2D eigenvalue weighted by atomic mass is 16.5. The van der Waals surface area contributed by atoms with Crippen LogP contribution in [0.15, 0.2) is 43.0 Å². The Morgan fingerprint density at radius 3 is 2.64 bits per heavy atom. The molecule has 1 aliphatic rings. The van der Waals surface area contributed by atoms with Crippen LogP contribution in [-0.2, 0) is 5.41 Å². The van der Waals surface area contributed by atoms with E-state index in [4.69, 9.17) is 9.47 Å². The summed E-state index contributed by atoms with van der Waals surface area (Å²) in [6.45, 7) is 8.21. The van der Waals surface area contributed by atoms with Gasteiger partial charge >= 0.3 is 0 Å². The first-order chi connectivity index (χ1) is 11.9. The monoisotopic (exact) mass is 338 g/mol. The molecule has 130 valence electrons. The molecule has 0 atom stereocenters. The molecule has 0 spiro atoms. The van der Waals surface area contributed by atoms with Gasteiger partial charge in [0.2, 0.25) is 0 Å². The minimum Gasteiger partial charge on any atom is -0.508 e. The van der Waals surface area contributed by atoms with Gasteiger partial charge in [-0.25, -0.2) is 0 Å². The van der Waals surface area contributed by atoms with Crippen LogP contribution in [0.5, 0.6) is 23.0 Å². The molecule has 0 radical (unpaired) electrons. The van der Waals surface area contributed by atoms with E-state index in [1.165, 1.54) is 0 Å². The minimum absolute atomic E-state index is 0.151. The molecule has 2 aromatic carbocycles. The zero-order valence-corrected chi connectivity index (χ0v) is 14.7. The fourth-order valence-electron chi connectivity index (χ4n) is 2.94. The predicted octanol–water partition coefficient (Wildman–Crippen LogP) is 4.50. The number of hydrogen-bond acceptors (Lipinski definition) is 4. The largest absolute Gasteiger partial charge is 0.508 e. The van der Waals surface area contributed by atoms with Crippen LogP contribution in [0.25, 0.3) is 11.6 Å². The number of methoxy groups -OCH3 is 1. The van der Waals surface area contributed by atoms with E-state index >= 15 is 0 Å². The van der Waals surface area contributed by atoms with Crippen molar-refractivity contribution in [3.63, 3.8) is 0 Å². The van der Waals surface area contributed by atoms with E-state index in [2.05, 4.69) is 6.58 Å². The summed E-state index contributed by atoms with van der Waals surface area (Å²) in [5, 5.41) is 20.0. The summed E-state index contributed by atoms with van der Waals surface area (Å²) in [6.07, 6.45) is 3.83. The van der Waals surface area contributed by atoms with Crippen molar-refractivity contribution in [2.45, 2.75) is 19.3 Å². The molecular weight excluding hydrogens is 316 g/mol. The maximum absolute atomic E-state index is 10.3. The van der Waals surface area contributed by atoms with E-state index in [1.54, 1.807) is 25.3 Å². The summed E-state index contributed by atoms with van der Waals surface area (Å²) in [4.78, 5) is 0. The zero-order chi connectivity index (χ0) is 18.2. The van der Waals surface area contributed by atoms with Crippen LogP contribution in [0, 0.1) is 0 Å². The van der Waals surface area contributed by atoms with Gasteiger partial charge in [-0.15, -0.1) is 6.58 Å². The molecule has 2 N–H and O–H groups in total. The van der Waals surface area contributed by atoms with Gasteiger partial charge in [-0.3, -0.25) is 0 Å². The fourth-order valence-corrected chi connectivity index (χ4v) is 2.94. The van der Waals surface area contributed by atoms with Gasteiger partial charge in [0.05, 0.1) is 7.11 Å². The lowest BCUT2D eigenvalue weighted by atomic mass is 9.83. The second kappa shape index (κ2) is 6.20. The van der Waals surface area contributed by atoms with Crippen molar-refractivity contribution in [1.82, 2.24) is 0 Å². The topological polar surface area (TPSA) is 58.9 Å². The Bertz CT molecular complexity index is 862. The number of benzene rings is 2. The van der Waals surface area contributed by atoms with Gasteiger partial charge in [0.25, 0.3) is 0 Å². The average Bonchev–Trinajstić information content (AvgIpc) is 2.60. The molecule has 0 unspecified atom stereocenters. The van der Waals surface area contributed by atoms with Crippen LogP contribution in [0.4, 0.5) is 0 Å². The quantitative estimate of drug-likeness (QED) is 0.806. The SMILES string of the molecule is C=CC(C)(C)c1cc2c(cc1O)OCC(c1ccc(O)cc1OC)=C2. The van der Waals surface area contributed by atoms with Gasteiger partial charge in [-0.2, -0.15) is 0 Å². The van der Waals surface area contributed by atoms with Crippen LogP contribution in [0.1, 0.15) is 30.5 Å². The molecule has 0 fully saturated rings. The van der Waals surface area contributed by atoms with E-state index in [9.17, 15) is 10.2 Å². The van der Waals surface area contributed by atoms with Gasteiger partial charge in [0.1, 0.15) is 29.6 Å². The summed E-state index contributed by atoms with van der Waals surface area (Å²) in [5.74, 6) is 1.58. The molecule has 0 bridgehead atoms. The molecule has 3 rings (SSSR count). The zero-order valence-electron chi connectivity index (χ0n) is 14.7. The number of rotatable bonds is 4. The predicted molar refractivity (Wildman–Crippen MR) is 99.4 cm³/mol. The molecule has 0 saturated heterocycles. The molecule has 1 aliphatic heterocycles. The van der Waals surface area contributed by atoms with Crippen molar-refractivity contribution < 1.29 is 19.7 Å². The highest BCUT2D eigenvalue weighted by Gasteiger charge is 2.24. The lowest BCUT2D eigenvalue weighted by Gasteiger charge is -2.25. The first kappa shape index (κ1) is 17.0. The van der Waals surface area contributed by atoms with E-state index < -0.39 is 0 Å². The van der Waals surface area contributed by atoms with Crippen LogP contribution in [0.3, 0.4) is 0 Å². The molecular formula is C21H22O4. The molecule has 0 aromatic heterocycles. The summed E-state index contributed by atoms with van der Waals surface area (Å²) < 4.78 is 11.2. The van der Waals surface area contributed by atoms with Crippen LogP contribution in [-0.4, -0.2) is 23.9 Å². The Morgan fingerprint density at radius 2 is 1.96 bits per heavy atom. The van der Waals surface area contributed by atoms with E-state index in [0.717, 1.165) is 22.3 Å². The molecule has 25 heavy (non-hydrogen) atoms. The summed E-state index contributed by atoms with van der Waals surface area (Å²) in [7, 11) is 1.57. The van der Waals surface area contributed by atoms with E-state index in [1.807, 2.05) is 38.1 Å².